The highest BCUT2D eigenvalue weighted by atomic mass is 16.4. The van der Waals surface area contributed by atoms with E-state index in [1.807, 2.05) is 18.2 Å². The van der Waals surface area contributed by atoms with Gasteiger partial charge in [-0.2, -0.15) is 0 Å². The van der Waals surface area contributed by atoms with Gasteiger partial charge >= 0.3 is 5.97 Å². The van der Waals surface area contributed by atoms with Gasteiger partial charge in [0, 0.05) is 0 Å². The van der Waals surface area contributed by atoms with Crippen LogP contribution in [0.4, 0.5) is 0 Å². The first kappa shape index (κ1) is 11.7. The number of likely N-dealkylation sites (tertiary alicyclic amines) is 1. The predicted octanol–water partition coefficient (Wildman–Crippen LogP) is 2.40. The number of hydrogen-bond acceptors (Lipinski definition) is 2. The molecule has 1 fully saturated rings. The zero-order valence-corrected chi connectivity index (χ0v) is 10.6. The Labute approximate surface area is 107 Å². The van der Waals surface area contributed by atoms with Gasteiger partial charge in [0.15, 0.2) is 0 Å². The summed E-state index contributed by atoms with van der Waals surface area (Å²) in [5, 5.41) is 9.85. The number of carbonyl (C=O) groups is 1. The summed E-state index contributed by atoms with van der Waals surface area (Å²) < 4.78 is 0. The van der Waals surface area contributed by atoms with Crippen LogP contribution in [0.15, 0.2) is 24.3 Å². The first-order valence-electron chi connectivity index (χ1n) is 6.82. The summed E-state index contributed by atoms with van der Waals surface area (Å²) in [7, 11) is 0. The van der Waals surface area contributed by atoms with Crippen LogP contribution in [0, 0.1) is 0 Å². The molecule has 96 valence electrons. The molecule has 0 amide bonds. The second kappa shape index (κ2) is 4.39. The molecule has 1 heterocycles. The van der Waals surface area contributed by atoms with Crippen LogP contribution in [0.2, 0.25) is 0 Å². The lowest BCUT2D eigenvalue weighted by atomic mass is 9.75. The molecule has 1 aliphatic carbocycles. The lowest BCUT2D eigenvalue weighted by Gasteiger charge is -2.42. The van der Waals surface area contributed by atoms with Crippen LogP contribution in [-0.2, 0) is 16.8 Å². The second-order valence-corrected chi connectivity index (χ2v) is 5.37. The smallest absolute Gasteiger partial charge is 0.328 e. The molecule has 0 bridgehead atoms. The van der Waals surface area contributed by atoms with Gasteiger partial charge < -0.3 is 5.11 Å². The third-order valence-electron chi connectivity index (χ3n) is 4.45. The highest BCUT2D eigenvalue weighted by molar-refractivity contribution is 5.82. The minimum absolute atomic E-state index is 0.670. The second-order valence-electron chi connectivity index (χ2n) is 5.37. The Balaban J connectivity index is 2.13. The molecule has 1 unspecified atom stereocenters. The van der Waals surface area contributed by atoms with Crippen molar-refractivity contribution < 1.29 is 9.90 Å². The van der Waals surface area contributed by atoms with Crippen molar-refractivity contribution in [3.63, 3.8) is 0 Å². The van der Waals surface area contributed by atoms with Gasteiger partial charge in [0.2, 0.25) is 0 Å². The van der Waals surface area contributed by atoms with Gasteiger partial charge in [-0.3, -0.25) is 4.90 Å². The first-order chi connectivity index (χ1) is 8.75. The SMILES string of the molecule is O=C(O)C1(N2CCCC2)CCCc2ccccc21. The van der Waals surface area contributed by atoms with Crippen molar-refractivity contribution in [3.05, 3.63) is 35.4 Å². The number of benzene rings is 1. The van der Waals surface area contributed by atoms with Gasteiger partial charge in [-0.1, -0.05) is 24.3 Å². The Hall–Kier alpha value is -1.35. The number of rotatable bonds is 2. The van der Waals surface area contributed by atoms with Crippen LogP contribution in [0.5, 0.6) is 0 Å². The van der Waals surface area contributed by atoms with Crippen molar-refractivity contribution in [3.8, 4) is 0 Å². The van der Waals surface area contributed by atoms with E-state index in [2.05, 4.69) is 11.0 Å². The molecule has 1 N–H and O–H groups in total. The van der Waals surface area contributed by atoms with Crippen molar-refractivity contribution in [2.45, 2.75) is 37.6 Å². The van der Waals surface area contributed by atoms with E-state index in [0.717, 1.165) is 50.8 Å². The molecule has 18 heavy (non-hydrogen) atoms. The molecule has 0 spiro atoms. The number of fused-ring (bicyclic) bond motifs is 1. The molecule has 2 aliphatic rings. The summed E-state index contributed by atoms with van der Waals surface area (Å²) in [4.78, 5) is 14.2. The Morgan fingerprint density at radius 2 is 1.89 bits per heavy atom. The molecule has 1 saturated heterocycles. The Bertz CT molecular complexity index is 465. The molecule has 0 radical (unpaired) electrons. The topological polar surface area (TPSA) is 40.5 Å². The van der Waals surface area contributed by atoms with E-state index in [9.17, 15) is 9.90 Å². The van der Waals surface area contributed by atoms with Crippen LogP contribution >= 0.6 is 0 Å². The molecule has 0 aromatic heterocycles. The van der Waals surface area contributed by atoms with Gasteiger partial charge in [0.05, 0.1) is 0 Å². The van der Waals surface area contributed by atoms with Crippen molar-refractivity contribution in [2.75, 3.05) is 13.1 Å². The predicted molar refractivity (Wildman–Crippen MR) is 69.5 cm³/mol. The van der Waals surface area contributed by atoms with Crippen molar-refractivity contribution >= 4 is 5.97 Å². The summed E-state index contributed by atoms with van der Waals surface area (Å²) in [6.45, 7) is 1.83. The molecule has 3 nitrogen and oxygen atoms in total. The monoisotopic (exact) mass is 245 g/mol. The third-order valence-corrected chi connectivity index (χ3v) is 4.45. The van der Waals surface area contributed by atoms with E-state index in [1.54, 1.807) is 0 Å². The fourth-order valence-corrected chi connectivity index (χ4v) is 3.60. The van der Waals surface area contributed by atoms with Crippen LogP contribution in [-0.4, -0.2) is 29.1 Å². The molecule has 3 rings (SSSR count). The highest BCUT2D eigenvalue weighted by Crippen LogP contribution is 2.42. The van der Waals surface area contributed by atoms with E-state index in [1.165, 1.54) is 5.56 Å². The van der Waals surface area contributed by atoms with Gasteiger partial charge in [-0.25, -0.2) is 4.79 Å². The zero-order valence-electron chi connectivity index (χ0n) is 10.6. The molecule has 1 aromatic rings. The van der Waals surface area contributed by atoms with E-state index in [4.69, 9.17) is 0 Å². The summed E-state index contributed by atoms with van der Waals surface area (Å²) in [6, 6.07) is 8.09. The largest absolute Gasteiger partial charge is 0.480 e. The fraction of sp³-hybridized carbons (Fsp3) is 0.533. The minimum Gasteiger partial charge on any atom is -0.480 e. The van der Waals surface area contributed by atoms with Crippen molar-refractivity contribution in [1.29, 1.82) is 0 Å². The molecule has 0 saturated carbocycles. The molecule has 1 aliphatic heterocycles. The molecule has 1 aromatic carbocycles. The zero-order chi connectivity index (χ0) is 12.6. The maximum atomic E-state index is 12.0. The molecular weight excluding hydrogens is 226 g/mol. The molecule has 3 heteroatoms. The Morgan fingerprint density at radius 3 is 2.61 bits per heavy atom. The summed E-state index contributed by atoms with van der Waals surface area (Å²) >= 11 is 0. The number of carboxylic acids is 1. The van der Waals surface area contributed by atoms with Crippen molar-refractivity contribution in [1.82, 2.24) is 4.90 Å². The molecule has 1 atom stereocenters. The average molecular weight is 245 g/mol. The summed E-state index contributed by atoms with van der Waals surface area (Å²) in [5.74, 6) is -0.670. The number of hydrogen-bond donors (Lipinski definition) is 1. The summed E-state index contributed by atoms with van der Waals surface area (Å²) in [6.07, 6.45) is 4.98. The standard InChI is InChI=1S/C15H19NO2/c17-14(18)15(16-10-3-4-11-16)9-5-7-12-6-1-2-8-13(12)15/h1-2,6,8H,3-5,7,9-11H2,(H,17,18). The quantitative estimate of drug-likeness (QED) is 0.869. The lowest BCUT2D eigenvalue weighted by Crippen LogP contribution is -2.52. The van der Waals surface area contributed by atoms with Crippen LogP contribution in [0.3, 0.4) is 0 Å². The maximum Gasteiger partial charge on any atom is 0.328 e. The molecular formula is C15H19NO2. The number of aliphatic carboxylic acids is 1. The van der Waals surface area contributed by atoms with Crippen LogP contribution in [0.25, 0.3) is 0 Å². The van der Waals surface area contributed by atoms with Gasteiger partial charge in [0.25, 0.3) is 0 Å². The van der Waals surface area contributed by atoms with E-state index >= 15 is 0 Å². The fourth-order valence-electron chi connectivity index (χ4n) is 3.60. The van der Waals surface area contributed by atoms with Crippen LogP contribution < -0.4 is 0 Å². The first-order valence-corrected chi connectivity index (χ1v) is 6.82. The van der Waals surface area contributed by atoms with Gasteiger partial charge in [0.1, 0.15) is 5.54 Å². The normalized spacial score (nSPS) is 28.0. The lowest BCUT2D eigenvalue weighted by molar-refractivity contribution is -0.153. The van der Waals surface area contributed by atoms with Gasteiger partial charge in [-0.15, -0.1) is 0 Å². The average Bonchev–Trinajstić information content (AvgIpc) is 2.92. The number of nitrogens with zero attached hydrogens (tertiary/aromatic N) is 1. The number of carboxylic acid groups (broad SMARTS) is 1. The van der Waals surface area contributed by atoms with Gasteiger partial charge in [-0.05, 0) is 56.3 Å². The van der Waals surface area contributed by atoms with E-state index in [0.29, 0.717) is 0 Å². The summed E-state index contributed by atoms with van der Waals surface area (Å²) in [5.41, 5.74) is 1.49. The third kappa shape index (κ3) is 1.57. The Kier molecular flexibility index (Phi) is 2.86. The minimum atomic E-state index is -0.759. The number of aryl methyl sites for hydroxylation is 1. The van der Waals surface area contributed by atoms with E-state index < -0.39 is 11.5 Å². The van der Waals surface area contributed by atoms with E-state index in [-0.39, 0.29) is 0 Å². The Morgan fingerprint density at radius 1 is 1.17 bits per heavy atom. The maximum absolute atomic E-state index is 12.0. The van der Waals surface area contributed by atoms with Crippen molar-refractivity contribution in [2.24, 2.45) is 0 Å². The van der Waals surface area contributed by atoms with Crippen LogP contribution in [0.1, 0.15) is 36.8 Å². The highest BCUT2D eigenvalue weighted by Gasteiger charge is 2.48.